The number of aromatic amines is 1. The summed E-state index contributed by atoms with van der Waals surface area (Å²) in [6.45, 7) is 2.91. The van der Waals surface area contributed by atoms with E-state index in [1.807, 2.05) is 0 Å². The lowest BCUT2D eigenvalue weighted by Gasteiger charge is -2.12. The normalized spacial score (nSPS) is 10.7. The monoisotopic (exact) mass is 409 g/mol. The molecule has 0 atom stereocenters. The van der Waals surface area contributed by atoms with Gasteiger partial charge < -0.3 is 19.2 Å². The molecule has 0 radical (unpaired) electrons. The van der Waals surface area contributed by atoms with Crippen molar-refractivity contribution in [3.63, 3.8) is 0 Å². The highest BCUT2D eigenvalue weighted by molar-refractivity contribution is 6.04. The SMILES string of the molecule is CCOc1cc(C(=O)OCC(=O)c2[nH]c(C)c(C(C)=O)c2C)ccc1OC(F)F. The van der Waals surface area contributed by atoms with Gasteiger partial charge in [0.05, 0.1) is 17.9 Å². The van der Waals surface area contributed by atoms with Gasteiger partial charge in [-0.05, 0) is 51.5 Å². The van der Waals surface area contributed by atoms with Crippen molar-refractivity contribution in [3.05, 3.63) is 46.3 Å². The Morgan fingerprint density at radius 1 is 1.14 bits per heavy atom. The Morgan fingerprint density at radius 2 is 1.83 bits per heavy atom. The van der Waals surface area contributed by atoms with E-state index in [9.17, 15) is 23.2 Å². The molecule has 0 saturated carbocycles. The third-order valence-electron chi connectivity index (χ3n) is 4.10. The first-order chi connectivity index (χ1) is 13.6. The van der Waals surface area contributed by atoms with Crippen LogP contribution in [0.1, 0.15) is 56.3 Å². The summed E-state index contributed by atoms with van der Waals surface area (Å²) in [6, 6.07) is 3.59. The van der Waals surface area contributed by atoms with Crippen molar-refractivity contribution in [1.82, 2.24) is 4.98 Å². The molecule has 0 amide bonds. The summed E-state index contributed by atoms with van der Waals surface area (Å²) >= 11 is 0. The van der Waals surface area contributed by atoms with Gasteiger partial charge >= 0.3 is 12.6 Å². The van der Waals surface area contributed by atoms with Gasteiger partial charge in [0.15, 0.2) is 23.9 Å². The maximum Gasteiger partial charge on any atom is 0.387 e. The maximum absolute atomic E-state index is 12.5. The number of esters is 1. The number of aromatic nitrogens is 1. The molecular weight excluding hydrogens is 388 g/mol. The van der Waals surface area contributed by atoms with Crippen molar-refractivity contribution in [1.29, 1.82) is 0 Å². The molecule has 0 saturated heterocycles. The van der Waals surface area contributed by atoms with Crippen molar-refractivity contribution >= 4 is 17.5 Å². The molecule has 7 nitrogen and oxygen atoms in total. The Labute approximate surface area is 166 Å². The molecule has 0 spiro atoms. The van der Waals surface area contributed by atoms with E-state index in [2.05, 4.69) is 9.72 Å². The fourth-order valence-corrected chi connectivity index (χ4v) is 2.94. The van der Waals surface area contributed by atoms with Gasteiger partial charge in [-0.1, -0.05) is 0 Å². The van der Waals surface area contributed by atoms with Gasteiger partial charge in [-0.15, -0.1) is 0 Å². The fourth-order valence-electron chi connectivity index (χ4n) is 2.94. The van der Waals surface area contributed by atoms with Gasteiger partial charge in [-0.3, -0.25) is 9.59 Å². The topological polar surface area (TPSA) is 94.7 Å². The summed E-state index contributed by atoms with van der Waals surface area (Å²) < 4.78 is 39.5. The molecule has 9 heteroatoms. The second kappa shape index (κ2) is 9.31. The van der Waals surface area contributed by atoms with Gasteiger partial charge in [0.1, 0.15) is 0 Å². The highest BCUT2D eigenvalue weighted by Gasteiger charge is 2.21. The van der Waals surface area contributed by atoms with Gasteiger partial charge in [-0.25, -0.2) is 4.79 Å². The third-order valence-corrected chi connectivity index (χ3v) is 4.10. The highest BCUT2D eigenvalue weighted by atomic mass is 19.3. The molecule has 0 aliphatic heterocycles. The van der Waals surface area contributed by atoms with Crippen LogP contribution in [0.3, 0.4) is 0 Å². The average molecular weight is 409 g/mol. The number of Topliss-reactive ketones (excluding diaryl/α,β-unsaturated/α-hetero) is 2. The van der Waals surface area contributed by atoms with E-state index in [4.69, 9.17) is 9.47 Å². The maximum atomic E-state index is 12.5. The van der Waals surface area contributed by atoms with Crippen LogP contribution in [-0.2, 0) is 4.74 Å². The smallest absolute Gasteiger partial charge is 0.387 e. The molecule has 1 heterocycles. The first-order valence-corrected chi connectivity index (χ1v) is 8.77. The Kier molecular flexibility index (Phi) is 7.08. The molecule has 156 valence electrons. The summed E-state index contributed by atoms with van der Waals surface area (Å²) in [6.07, 6.45) is 0. The summed E-state index contributed by atoms with van der Waals surface area (Å²) in [7, 11) is 0. The van der Waals surface area contributed by atoms with Crippen LogP contribution in [-0.4, -0.2) is 42.3 Å². The molecule has 1 aromatic carbocycles. The number of ether oxygens (including phenoxy) is 3. The van der Waals surface area contributed by atoms with Gasteiger partial charge in [0.25, 0.3) is 0 Å². The van der Waals surface area contributed by atoms with Gasteiger partial charge in [-0.2, -0.15) is 8.78 Å². The van der Waals surface area contributed by atoms with Gasteiger partial charge in [0, 0.05) is 11.3 Å². The van der Waals surface area contributed by atoms with Crippen LogP contribution < -0.4 is 9.47 Å². The number of ketones is 2. The standard InChI is InChI=1S/C20H21F2NO6/c1-5-27-16-8-13(6-7-15(16)29-20(21)22)19(26)28-9-14(25)18-10(2)17(12(4)24)11(3)23-18/h6-8,20,23H,5,9H2,1-4H3. The molecule has 0 aliphatic carbocycles. The van der Waals surface area contributed by atoms with Crippen LogP contribution in [0.5, 0.6) is 11.5 Å². The first-order valence-electron chi connectivity index (χ1n) is 8.77. The number of halogens is 2. The number of H-pyrrole nitrogens is 1. The summed E-state index contributed by atoms with van der Waals surface area (Å²) in [5.41, 5.74) is 1.67. The number of alkyl halides is 2. The lowest BCUT2D eigenvalue weighted by Crippen LogP contribution is -2.16. The molecule has 0 aliphatic rings. The molecule has 2 aromatic rings. The van der Waals surface area contributed by atoms with E-state index >= 15 is 0 Å². The Hall–Kier alpha value is -3.23. The highest BCUT2D eigenvalue weighted by Crippen LogP contribution is 2.30. The van der Waals surface area contributed by atoms with E-state index in [-0.39, 0.29) is 35.1 Å². The zero-order valence-corrected chi connectivity index (χ0v) is 16.4. The number of rotatable bonds is 9. The molecule has 29 heavy (non-hydrogen) atoms. The van der Waals surface area contributed by atoms with Gasteiger partial charge in [0.2, 0.25) is 5.78 Å². The quantitative estimate of drug-likeness (QED) is 0.499. The number of hydrogen-bond acceptors (Lipinski definition) is 6. The molecule has 0 fully saturated rings. The van der Waals surface area contributed by atoms with E-state index in [1.165, 1.54) is 19.1 Å². The predicted molar refractivity (Wildman–Crippen MR) is 99.1 cm³/mol. The Bertz CT molecular complexity index is 935. The number of hydrogen-bond donors (Lipinski definition) is 1. The number of aryl methyl sites for hydroxylation is 1. The lowest BCUT2D eigenvalue weighted by atomic mass is 10.1. The predicted octanol–water partition coefficient (Wildman–Crippen LogP) is 3.87. The molecule has 2 rings (SSSR count). The van der Waals surface area contributed by atoms with Crippen molar-refractivity contribution < 1.29 is 37.4 Å². The molecule has 1 aromatic heterocycles. The van der Waals surface area contributed by atoms with Crippen LogP contribution >= 0.6 is 0 Å². The Balaban J connectivity index is 2.13. The third kappa shape index (κ3) is 5.18. The average Bonchev–Trinajstić information content (AvgIpc) is 2.95. The summed E-state index contributed by atoms with van der Waals surface area (Å²) in [5, 5.41) is 0. The van der Waals surface area contributed by atoms with Crippen molar-refractivity contribution in [2.24, 2.45) is 0 Å². The fraction of sp³-hybridized carbons (Fsp3) is 0.350. The zero-order valence-electron chi connectivity index (χ0n) is 16.4. The van der Waals surface area contributed by atoms with Crippen LogP contribution in [0, 0.1) is 13.8 Å². The largest absolute Gasteiger partial charge is 0.490 e. The molecule has 1 N–H and O–H groups in total. The number of benzene rings is 1. The minimum Gasteiger partial charge on any atom is -0.490 e. The first kappa shape index (κ1) is 22.1. The van der Waals surface area contributed by atoms with Crippen LogP contribution in [0.25, 0.3) is 0 Å². The Morgan fingerprint density at radius 3 is 2.38 bits per heavy atom. The minimum absolute atomic E-state index is 0.00618. The van der Waals surface area contributed by atoms with E-state index in [0.717, 1.165) is 6.07 Å². The zero-order chi connectivity index (χ0) is 21.7. The van der Waals surface area contributed by atoms with E-state index in [1.54, 1.807) is 20.8 Å². The van der Waals surface area contributed by atoms with Crippen molar-refractivity contribution in [3.8, 4) is 11.5 Å². The minimum atomic E-state index is -3.04. The second-order valence-electron chi connectivity index (χ2n) is 6.15. The number of carbonyl (C=O) groups is 3. The molecule has 0 bridgehead atoms. The lowest BCUT2D eigenvalue weighted by molar-refractivity contribution is -0.0514. The number of nitrogens with one attached hydrogen (secondary N) is 1. The van der Waals surface area contributed by atoms with Crippen molar-refractivity contribution in [2.45, 2.75) is 34.3 Å². The van der Waals surface area contributed by atoms with Crippen LogP contribution in [0.2, 0.25) is 0 Å². The molecular formula is C20H21F2NO6. The van der Waals surface area contributed by atoms with Crippen LogP contribution in [0.4, 0.5) is 8.78 Å². The second-order valence-corrected chi connectivity index (χ2v) is 6.15. The molecule has 0 unspecified atom stereocenters. The van der Waals surface area contributed by atoms with E-state index < -0.39 is 25.0 Å². The summed E-state index contributed by atoms with van der Waals surface area (Å²) in [5.74, 6) is -1.79. The van der Waals surface area contributed by atoms with Crippen molar-refractivity contribution in [2.75, 3.05) is 13.2 Å². The van der Waals surface area contributed by atoms with Crippen LogP contribution in [0.15, 0.2) is 18.2 Å². The number of carbonyl (C=O) groups excluding carboxylic acids is 3. The summed E-state index contributed by atoms with van der Waals surface area (Å²) in [4.78, 5) is 39.1. The van der Waals surface area contributed by atoms with E-state index in [0.29, 0.717) is 16.8 Å².